The number of rotatable bonds is 2. The topological polar surface area (TPSA) is 40.6 Å². The van der Waals surface area contributed by atoms with Crippen molar-refractivity contribution in [2.75, 3.05) is 6.61 Å². The van der Waals surface area contributed by atoms with Crippen molar-refractivity contribution >= 4 is 18.5 Å². The van der Waals surface area contributed by atoms with Gasteiger partial charge in [0.15, 0.2) is 5.75 Å². The van der Waals surface area contributed by atoms with Gasteiger partial charge in [-0.1, -0.05) is 0 Å². The highest BCUT2D eigenvalue weighted by Gasteiger charge is 2.28. The van der Waals surface area contributed by atoms with E-state index in [1.807, 2.05) is 13.0 Å². The van der Waals surface area contributed by atoms with Crippen molar-refractivity contribution in [1.82, 2.24) is 4.98 Å². The Morgan fingerprint density at radius 1 is 1.71 bits per heavy atom. The molecule has 0 bridgehead atoms. The first-order valence-corrected chi connectivity index (χ1v) is 6.82. The second-order valence-corrected chi connectivity index (χ2v) is 5.61. The minimum Gasteiger partial charge on any atom is -0.422 e. The van der Waals surface area contributed by atoms with Gasteiger partial charge in [0.05, 0.1) is 6.61 Å². The second kappa shape index (κ2) is 3.95. The van der Waals surface area contributed by atoms with E-state index in [0.717, 1.165) is 5.69 Å². The highest BCUT2D eigenvalue weighted by molar-refractivity contribution is 8.07. The Balaban J connectivity index is 2.25. The van der Waals surface area contributed by atoms with E-state index in [0.29, 0.717) is 19.0 Å². The minimum atomic E-state index is -2.55. The molecule has 6 heteroatoms. The fourth-order valence-corrected chi connectivity index (χ4v) is 3.02. The molecule has 1 aliphatic rings. The van der Waals surface area contributed by atoms with Crippen molar-refractivity contribution in [3.63, 3.8) is 0 Å². The summed E-state index contributed by atoms with van der Waals surface area (Å²) in [5.74, 6) is 0.676. The van der Waals surface area contributed by atoms with Gasteiger partial charge < -0.3 is 4.52 Å². The Labute approximate surface area is 87.5 Å². The molecule has 0 saturated heterocycles. The van der Waals surface area contributed by atoms with Crippen LogP contribution in [0, 0.1) is 0 Å². The summed E-state index contributed by atoms with van der Waals surface area (Å²) in [6.07, 6.45) is 1.70. The average Bonchev–Trinajstić information content (AvgIpc) is 2.17. The van der Waals surface area contributed by atoms with Crippen LogP contribution < -0.4 is 4.52 Å². The molecule has 0 aliphatic carbocycles. The van der Waals surface area contributed by atoms with Crippen LogP contribution in [-0.2, 0) is 27.5 Å². The van der Waals surface area contributed by atoms with E-state index in [2.05, 4.69) is 4.98 Å². The van der Waals surface area contributed by atoms with Crippen LogP contribution in [0.25, 0.3) is 0 Å². The number of aromatic nitrogens is 1. The predicted molar refractivity (Wildman–Crippen MR) is 55.6 cm³/mol. The molecule has 76 valence electrons. The quantitative estimate of drug-likeness (QED) is 0.730. The van der Waals surface area contributed by atoms with Crippen LogP contribution >= 0.6 is 6.72 Å². The lowest BCUT2D eigenvalue weighted by molar-refractivity contribution is 0.182. The van der Waals surface area contributed by atoms with Crippen molar-refractivity contribution < 1.29 is 13.6 Å². The summed E-state index contributed by atoms with van der Waals surface area (Å²) < 4.78 is 16.1. The first-order valence-electron chi connectivity index (χ1n) is 4.26. The molecule has 2 rings (SSSR count). The van der Waals surface area contributed by atoms with Gasteiger partial charge in [0.1, 0.15) is 12.3 Å². The Hall–Kier alpha value is -0.480. The van der Waals surface area contributed by atoms with Gasteiger partial charge in [-0.05, 0) is 19.1 Å². The first kappa shape index (κ1) is 10.1. The Morgan fingerprint density at radius 3 is 3.36 bits per heavy atom. The van der Waals surface area contributed by atoms with Crippen LogP contribution in [0.5, 0.6) is 5.75 Å². The van der Waals surface area contributed by atoms with Crippen LogP contribution in [0.15, 0.2) is 18.3 Å². The molecule has 1 atom stereocenters. The van der Waals surface area contributed by atoms with Crippen LogP contribution in [0.1, 0.15) is 12.6 Å². The Bertz CT molecular complexity index is 385. The summed E-state index contributed by atoms with van der Waals surface area (Å²) >= 11 is 5.15. The van der Waals surface area contributed by atoms with E-state index in [1.54, 1.807) is 12.3 Å². The average molecular weight is 231 g/mol. The highest BCUT2D eigenvalue weighted by Crippen LogP contribution is 2.54. The fourth-order valence-electron chi connectivity index (χ4n) is 1.12. The van der Waals surface area contributed by atoms with E-state index in [9.17, 15) is 0 Å². The van der Waals surface area contributed by atoms with Gasteiger partial charge in [0.2, 0.25) is 0 Å². The van der Waals surface area contributed by atoms with Gasteiger partial charge in [-0.3, -0.25) is 14.0 Å². The first-order chi connectivity index (χ1) is 6.73. The molecule has 1 aromatic rings. The monoisotopic (exact) mass is 231 g/mol. The van der Waals surface area contributed by atoms with Gasteiger partial charge in [-0.15, -0.1) is 0 Å². The third-order valence-electron chi connectivity index (χ3n) is 1.71. The molecule has 1 aromatic heterocycles. The Morgan fingerprint density at radius 2 is 2.57 bits per heavy atom. The molecule has 0 spiro atoms. The third-order valence-corrected chi connectivity index (χ3v) is 4.00. The standard InChI is InChI=1S/C8H10NO3PS/c1-2-10-13(14)11-6-7-8(12-13)4-3-5-9-7/h3-5H,2,6H2,1H3. The number of pyridine rings is 1. The molecule has 1 aliphatic heterocycles. The summed E-state index contributed by atoms with van der Waals surface area (Å²) in [4.78, 5) is 4.11. The molecular formula is C8H10NO3PS. The van der Waals surface area contributed by atoms with E-state index >= 15 is 0 Å². The zero-order valence-electron chi connectivity index (χ0n) is 7.67. The molecule has 0 fully saturated rings. The lowest BCUT2D eigenvalue weighted by Crippen LogP contribution is -2.10. The van der Waals surface area contributed by atoms with E-state index in [4.69, 9.17) is 25.4 Å². The second-order valence-electron chi connectivity index (χ2n) is 2.68. The summed E-state index contributed by atoms with van der Waals surface area (Å²) in [5, 5.41) is 0. The van der Waals surface area contributed by atoms with Crippen molar-refractivity contribution in [3.05, 3.63) is 24.0 Å². The molecule has 14 heavy (non-hydrogen) atoms. The molecule has 2 heterocycles. The van der Waals surface area contributed by atoms with Gasteiger partial charge in [0.25, 0.3) is 0 Å². The molecule has 0 amide bonds. The largest absolute Gasteiger partial charge is 0.422 e. The Kier molecular flexibility index (Phi) is 2.83. The third kappa shape index (κ3) is 1.96. The van der Waals surface area contributed by atoms with Crippen LogP contribution in [-0.4, -0.2) is 11.6 Å². The smallest absolute Gasteiger partial charge is 0.381 e. The van der Waals surface area contributed by atoms with Crippen molar-refractivity contribution in [2.45, 2.75) is 13.5 Å². The molecule has 0 N–H and O–H groups in total. The molecule has 0 aromatic carbocycles. The van der Waals surface area contributed by atoms with Crippen molar-refractivity contribution in [3.8, 4) is 5.75 Å². The van der Waals surface area contributed by atoms with Crippen LogP contribution in [0.2, 0.25) is 0 Å². The van der Waals surface area contributed by atoms with Crippen molar-refractivity contribution in [1.29, 1.82) is 0 Å². The number of fused-ring (bicyclic) bond motifs is 1. The summed E-state index contributed by atoms with van der Waals surface area (Å²) in [5.41, 5.74) is 0.771. The SMILES string of the molecule is CCOP1(=S)OCc2ncccc2O1. The maximum absolute atomic E-state index is 5.48. The lowest BCUT2D eigenvalue weighted by Gasteiger charge is -2.26. The van der Waals surface area contributed by atoms with Gasteiger partial charge in [-0.2, -0.15) is 0 Å². The van der Waals surface area contributed by atoms with Gasteiger partial charge >= 0.3 is 6.72 Å². The maximum Gasteiger partial charge on any atom is 0.381 e. The summed E-state index contributed by atoms with van der Waals surface area (Å²) in [6, 6.07) is 3.63. The van der Waals surface area contributed by atoms with E-state index < -0.39 is 6.72 Å². The normalized spacial score (nSPS) is 25.2. The summed E-state index contributed by atoms with van der Waals surface area (Å²) in [6.45, 7) is 0.170. The lowest BCUT2D eigenvalue weighted by atomic mass is 10.3. The molecule has 4 nitrogen and oxygen atoms in total. The van der Waals surface area contributed by atoms with Gasteiger partial charge in [-0.25, -0.2) is 0 Å². The van der Waals surface area contributed by atoms with Crippen LogP contribution in [0.4, 0.5) is 0 Å². The summed E-state index contributed by atoms with van der Waals surface area (Å²) in [7, 11) is 0. The van der Waals surface area contributed by atoms with Crippen LogP contribution in [0.3, 0.4) is 0 Å². The number of nitrogens with zero attached hydrogens (tertiary/aromatic N) is 1. The van der Waals surface area contributed by atoms with E-state index in [-0.39, 0.29) is 0 Å². The molecule has 0 saturated carbocycles. The zero-order valence-corrected chi connectivity index (χ0v) is 9.38. The minimum absolute atomic E-state index is 0.369. The van der Waals surface area contributed by atoms with Gasteiger partial charge in [0, 0.05) is 18.0 Å². The maximum atomic E-state index is 5.48. The number of hydrogen-bond acceptors (Lipinski definition) is 5. The number of hydrogen-bond donors (Lipinski definition) is 0. The predicted octanol–water partition coefficient (Wildman–Crippen LogP) is 2.25. The molecule has 0 radical (unpaired) electrons. The fraction of sp³-hybridized carbons (Fsp3) is 0.375. The highest BCUT2D eigenvalue weighted by atomic mass is 32.5. The molecule has 1 unspecified atom stereocenters. The van der Waals surface area contributed by atoms with E-state index in [1.165, 1.54) is 0 Å². The zero-order chi connectivity index (χ0) is 10.0. The van der Waals surface area contributed by atoms with Crippen molar-refractivity contribution in [2.24, 2.45) is 0 Å². The molecular weight excluding hydrogens is 221 g/mol.